The van der Waals surface area contributed by atoms with Crippen molar-refractivity contribution in [3.63, 3.8) is 0 Å². The first kappa shape index (κ1) is 24.7. The van der Waals surface area contributed by atoms with E-state index in [2.05, 4.69) is 11.6 Å². The lowest BCUT2D eigenvalue weighted by Crippen LogP contribution is -2.39. The van der Waals surface area contributed by atoms with Gasteiger partial charge >= 0.3 is 5.97 Å². The van der Waals surface area contributed by atoms with Crippen LogP contribution in [0.1, 0.15) is 42.8 Å². The Bertz CT molecular complexity index is 1480. The minimum absolute atomic E-state index is 0.0674. The highest BCUT2D eigenvalue weighted by molar-refractivity contribution is 7.10. The number of nitrogens with zero attached hydrogens (tertiary/aromatic N) is 2. The standard InChI is InChI=1S/C26H26N2O5S2/c1-5-9-17-12-16(13-18(23(17)29)32-6-2)14-20-24(30)28-22(19-10-8-11-34-19)21(25(31)33-7-3)15(4)27-26(28)35-20/h5,8,10-14,22,29H,1,6-7,9H2,2-4H3/b20-14+/t22-/m1/s1. The van der Waals surface area contributed by atoms with E-state index in [-0.39, 0.29) is 17.9 Å². The number of esters is 1. The van der Waals surface area contributed by atoms with Gasteiger partial charge in [0, 0.05) is 10.4 Å². The number of fused-ring (bicyclic) bond motifs is 1. The molecule has 1 atom stereocenters. The normalized spacial score (nSPS) is 15.5. The molecule has 1 aromatic carbocycles. The molecule has 1 aliphatic rings. The fraction of sp³-hybridized carbons (Fsp3) is 0.269. The second-order valence-electron chi connectivity index (χ2n) is 7.77. The quantitative estimate of drug-likeness (QED) is 0.369. The van der Waals surface area contributed by atoms with Crippen LogP contribution in [0, 0.1) is 0 Å². The molecule has 0 fully saturated rings. The van der Waals surface area contributed by atoms with E-state index in [1.54, 1.807) is 36.6 Å². The lowest BCUT2D eigenvalue weighted by Gasteiger charge is -2.23. The number of carbonyl (C=O) groups is 1. The Morgan fingerprint density at radius 2 is 2.11 bits per heavy atom. The molecule has 0 bridgehead atoms. The van der Waals surface area contributed by atoms with Crippen molar-refractivity contribution in [3.8, 4) is 11.5 Å². The summed E-state index contributed by atoms with van der Waals surface area (Å²) in [5.41, 5.74) is 2.01. The number of thiophene rings is 1. The van der Waals surface area contributed by atoms with Gasteiger partial charge in [0.25, 0.3) is 5.56 Å². The highest BCUT2D eigenvalue weighted by Crippen LogP contribution is 2.34. The van der Waals surface area contributed by atoms with Crippen LogP contribution in [0.2, 0.25) is 0 Å². The Kier molecular flexibility index (Phi) is 7.37. The Labute approximate surface area is 210 Å². The van der Waals surface area contributed by atoms with Crippen LogP contribution in [0.4, 0.5) is 0 Å². The molecule has 7 nitrogen and oxygen atoms in total. The third-order valence-electron chi connectivity index (χ3n) is 5.47. The van der Waals surface area contributed by atoms with Crippen LogP contribution in [0.25, 0.3) is 6.08 Å². The predicted octanol–water partition coefficient (Wildman–Crippen LogP) is 3.69. The largest absolute Gasteiger partial charge is 0.504 e. The molecule has 4 rings (SSSR count). The highest BCUT2D eigenvalue weighted by atomic mass is 32.1. The predicted molar refractivity (Wildman–Crippen MR) is 138 cm³/mol. The van der Waals surface area contributed by atoms with Crippen LogP contribution in [0.5, 0.6) is 11.5 Å². The number of allylic oxidation sites excluding steroid dienone is 2. The van der Waals surface area contributed by atoms with E-state index in [0.29, 0.717) is 50.5 Å². The number of aromatic nitrogens is 1. The number of hydrogen-bond donors (Lipinski definition) is 1. The number of phenols is 1. The van der Waals surface area contributed by atoms with Gasteiger partial charge in [0.05, 0.1) is 29.0 Å². The van der Waals surface area contributed by atoms with E-state index >= 15 is 0 Å². The molecule has 2 aromatic heterocycles. The van der Waals surface area contributed by atoms with Crippen molar-refractivity contribution in [1.29, 1.82) is 0 Å². The highest BCUT2D eigenvalue weighted by Gasteiger charge is 2.33. The third kappa shape index (κ3) is 4.74. The van der Waals surface area contributed by atoms with E-state index in [1.165, 1.54) is 22.7 Å². The van der Waals surface area contributed by atoms with Crippen molar-refractivity contribution in [2.75, 3.05) is 13.2 Å². The van der Waals surface area contributed by atoms with Gasteiger partial charge in [-0.1, -0.05) is 23.5 Å². The van der Waals surface area contributed by atoms with Crippen LogP contribution in [-0.2, 0) is 16.0 Å². The Balaban J connectivity index is 1.91. The average Bonchev–Trinajstić information content (AvgIpc) is 3.45. The molecular formula is C26H26N2O5S2. The molecule has 3 aromatic rings. The van der Waals surface area contributed by atoms with Crippen LogP contribution in [0.3, 0.4) is 0 Å². The number of aromatic hydroxyl groups is 1. The van der Waals surface area contributed by atoms with E-state index < -0.39 is 12.0 Å². The summed E-state index contributed by atoms with van der Waals surface area (Å²) in [6.45, 7) is 9.72. The van der Waals surface area contributed by atoms with Gasteiger partial charge < -0.3 is 14.6 Å². The first-order valence-electron chi connectivity index (χ1n) is 11.2. The fourth-order valence-corrected chi connectivity index (χ4v) is 5.88. The molecule has 1 N–H and O–H groups in total. The zero-order valence-corrected chi connectivity index (χ0v) is 21.4. The topological polar surface area (TPSA) is 90.1 Å². The molecule has 182 valence electrons. The SMILES string of the molecule is C=CCc1cc(/C=c2/sc3n(c2=O)[C@H](c2cccs2)C(C(=O)OCC)=C(C)N=3)cc(OCC)c1O. The zero-order valence-electron chi connectivity index (χ0n) is 19.7. The first-order chi connectivity index (χ1) is 16.9. The first-order valence-corrected chi connectivity index (χ1v) is 12.9. The molecule has 0 saturated carbocycles. The summed E-state index contributed by atoms with van der Waals surface area (Å²) >= 11 is 2.72. The maximum Gasteiger partial charge on any atom is 0.338 e. The van der Waals surface area contributed by atoms with E-state index in [1.807, 2.05) is 30.5 Å². The van der Waals surface area contributed by atoms with Crippen LogP contribution < -0.4 is 19.6 Å². The zero-order chi connectivity index (χ0) is 25.1. The van der Waals surface area contributed by atoms with Gasteiger partial charge in [-0.15, -0.1) is 17.9 Å². The molecule has 35 heavy (non-hydrogen) atoms. The summed E-state index contributed by atoms with van der Waals surface area (Å²) in [6.07, 6.45) is 3.91. The number of rotatable bonds is 8. The molecule has 0 saturated heterocycles. The van der Waals surface area contributed by atoms with E-state index in [9.17, 15) is 14.7 Å². The number of hydrogen-bond acceptors (Lipinski definition) is 8. The molecular weight excluding hydrogens is 484 g/mol. The monoisotopic (exact) mass is 510 g/mol. The molecule has 3 heterocycles. The Morgan fingerprint density at radius 1 is 1.31 bits per heavy atom. The van der Waals surface area contributed by atoms with Gasteiger partial charge in [0.15, 0.2) is 16.3 Å². The minimum atomic E-state index is -0.609. The van der Waals surface area contributed by atoms with Crippen LogP contribution in [-0.4, -0.2) is 28.9 Å². The Hall–Kier alpha value is -3.43. The lowest BCUT2D eigenvalue weighted by molar-refractivity contribution is -0.139. The smallest absolute Gasteiger partial charge is 0.338 e. The van der Waals surface area contributed by atoms with Crippen molar-refractivity contribution >= 4 is 34.7 Å². The summed E-state index contributed by atoms with van der Waals surface area (Å²) < 4.78 is 12.9. The molecule has 0 unspecified atom stereocenters. The second-order valence-corrected chi connectivity index (χ2v) is 9.76. The molecule has 1 aliphatic heterocycles. The summed E-state index contributed by atoms with van der Waals surface area (Å²) in [4.78, 5) is 32.5. The second kappa shape index (κ2) is 10.5. The molecule has 0 spiro atoms. The summed E-state index contributed by atoms with van der Waals surface area (Å²) in [7, 11) is 0. The number of benzene rings is 1. The fourth-order valence-electron chi connectivity index (χ4n) is 4.01. The van der Waals surface area contributed by atoms with Crippen molar-refractivity contribution in [3.05, 3.63) is 89.3 Å². The van der Waals surface area contributed by atoms with Gasteiger partial charge in [0.1, 0.15) is 6.04 Å². The van der Waals surface area contributed by atoms with Crippen molar-refractivity contribution in [2.45, 2.75) is 33.2 Å². The van der Waals surface area contributed by atoms with E-state index in [4.69, 9.17) is 9.47 Å². The average molecular weight is 511 g/mol. The van der Waals surface area contributed by atoms with E-state index in [0.717, 1.165) is 4.88 Å². The third-order valence-corrected chi connectivity index (χ3v) is 7.38. The number of thiazole rings is 1. The number of carbonyl (C=O) groups excluding carboxylic acids is 1. The van der Waals surface area contributed by atoms with Gasteiger partial charge in [-0.2, -0.15) is 0 Å². The number of phenolic OH excluding ortho intramolecular Hbond substituents is 1. The lowest BCUT2D eigenvalue weighted by atomic mass is 10.0. The summed E-state index contributed by atoms with van der Waals surface area (Å²) in [6, 6.07) is 6.70. The van der Waals surface area contributed by atoms with Crippen molar-refractivity contribution in [1.82, 2.24) is 4.57 Å². The van der Waals surface area contributed by atoms with Crippen LogP contribution in [0.15, 0.2) is 63.4 Å². The van der Waals surface area contributed by atoms with Crippen molar-refractivity contribution < 1.29 is 19.4 Å². The molecule has 0 amide bonds. The molecule has 0 radical (unpaired) electrons. The van der Waals surface area contributed by atoms with Gasteiger partial charge in [-0.3, -0.25) is 9.36 Å². The van der Waals surface area contributed by atoms with Gasteiger partial charge in [0.2, 0.25) is 0 Å². The minimum Gasteiger partial charge on any atom is -0.504 e. The summed E-state index contributed by atoms with van der Waals surface area (Å²) in [5, 5.41) is 12.4. The van der Waals surface area contributed by atoms with Crippen molar-refractivity contribution in [2.24, 2.45) is 4.99 Å². The van der Waals surface area contributed by atoms with Crippen LogP contribution >= 0.6 is 22.7 Å². The van der Waals surface area contributed by atoms with Gasteiger partial charge in [-0.05, 0) is 62.4 Å². The molecule has 9 heteroatoms. The number of ether oxygens (including phenoxy) is 2. The maximum absolute atomic E-state index is 13.7. The molecule has 0 aliphatic carbocycles. The maximum atomic E-state index is 13.7. The summed E-state index contributed by atoms with van der Waals surface area (Å²) in [5.74, 6) is -0.0593. The van der Waals surface area contributed by atoms with Gasteiger partial charge in [-0.25, -0.2) is 9.79 Å². The Morgan fingerprint density at radius 3 is 2.77 bits per heavy atom.